The Labute approximate surface area is 188 Å². The second-order valence-corrected chi connectivity index (χ2v) is 7.38. The van der Waals surface area contributed by atoms with Gasteiger partial charge in [-0.1, -0.05) is 30.3 Å². The van der Waals surface area contributed by atoms with Gasteiger partial charge in [0.05, 0.1) is 26.9 Å². The first kappa shape index (κ1) is 22.9. The Hall–Kier alpha value is -3.80. The van der Waals surface area contributed by atoms with Crippen LogP contribution < -0.4 is 19.5 Å². The highest BCUT2D eigenvalue weighted by atomic mass is 16.5. The van der Waals surface area contributed by atoms with Crippen molar-refractivity contribution in [3.05, 3.63) is 88.0 Å². The van der Waals surface area contributed by atoms with Crippen LogP contribution in [0.3, 0.4) is 0 Å². The molecular weight excluding hydrogens is 406 g/mol. The van der Waals surface area contributed by atoms with E-state index < -0.39 is 0 Å². The third kappa shape index (κ3) is 4.75. The minimum Gasteiger partial charge on any atom is -0.496 e. The van der Waals surface area contributed by atoms with Gasteiger partial charge >= 0.3 is 0 Å². The zero-order valence-corrected chi connectivity index (χ0v) is 18.9. The maximum absolute atomic E-state index is 13.1. The maximum atomic E-state index is 13.1. The molecule has 0 aromatic heterocycles. The number of methoxy groups -OCH3 is 3. The lowest BCUT2D eigenvalue weighted by atomic mass is 9.95. The Morgan fingerprint density at radius 3 is 2.00 bits per heavy atom. The van der Waals surface area contributed by atoms with Crippen molar-refractivity contribution in [2.24, 2.45) is 0 Å². The Balaban J connectivity index is 1.86. The van der Waals surface area contributed by atoms with E-state index in [9.17, 15) is 9.59 Å². The predicted molar refractivity (Wildman–Crippen MR) is 123 cm³/mol. The molecule has 32 heavy (non-hydrogen) atoms. The van der Waals surface area contributed by atoms with Crippen LogP contribution >= 0.6 is 0 Å². The molecule has 0 bridgehead atoms. The molecule has 0 heterocycles. The van der Waals surface area contributed by atoms with Crippen LogP contribution in [0.4, 0.5) is 0 Å². The van der Waals surface area contributed by atoms with Crippen LogP contribution in [0.2, 0.25) is 0 Å². The zero-order valence-electron chi connectivity index (χ0n) is 18.9. The third-order valence-electron chi connectivity index (χ3n) is 5.41. The van der Waals surface area contributed by atoms with E-state index in [4.69, 9.17) is 14.2 Å². The standard InChI is InChI=1S/C26H27NO5/c1-16-10-11-18(12-17(16)2)25(28)20-8-6-7-9-21(20)26(29)27-15-19-13-23(31-4)24(32-5)14-22(19)30-3/h6-14H,15H2,1-5H3,(H,27,29). The third-order valence-corrected chi connectivity index (χ3v) is 5.41. The Morgan fingerprint density at radius 1 is 0.750 bits per heavy atom. The highest BCUT2D eigenvalue weighted by Crippen LogP contribution is 2.34. The Bertz CT molecular complexity index is 1150. The van der Waals surface area contributed by atoms with Crippen LogP contribution in [-0.4, -0.2) is 33.0 Å². The number of hydrogen-bond donors (Lipinski definition) is 1. The van der Waals surface area contributed by atoms with Crippen molar-refractivity contribution in [2.75, 3.05) is 21.3 Å². The molecule has 0 saturated heterocycles. The van der Waals surface area contributed by atoms with Crippen molar-refractivity contribution in [3.63, 3.8) is 0 Å². The quantitative estimate of drug-likeness (QED) is 0.530. The molecule has 3 aromatic rings. The van der Waals surface area contributed by atoms with E-state index in [2.05, 4.69) is 5.32 Å². The van der Waals surface area contributed by atoms with Crippen molar-refractivity contribution in [2.45, 2.75) is 20.4 Å². The molecule has 0 saturated carbocycles. The predicted octanol–water partition coefficient (Wildman–Crippen LogP) is 4.49. The molecule has 0 radical (unpaired) electrons. The summed E-state index contributed by atoms with van der Waals surface area (Å²) in [6, 6.07) is 15.8. The van der Waals surface area contributed by atoms with Gasteiger partial charge in [0.15, 0.2) is 17.3 Å². The van der Waals surface area contributed by atoms with Crippen molar-refractivity contribution < 1.29 is 23.8 Å². The smallest absolute Gasteiger partial charge is 0.252 e. The molecule has 166 valence electrons. The van der Waals surface area contributed by atoms with Gasteiger partial charge in [-0.05, 0) is 43.2 Å². The summed E-state index contributed by atoms with van der Waals surface area (Å²) in [4.78, 5) is 26.1. The molecule has 3 rings (SSSR count). The summed E-state index contributed by atoms with van der Waals surface area (Å²) in [6.45, 7) is 4.14. The molecule has 1 N–H and O–H groups in total. The number of nitrogens with one attached hydrogen (secondary N) is 1. The van der Waals surface area contributed by atoms with Crippen LogP contribution in [0.1, 0.15) is 43.0 Å². The second-order valence-electron chi connectivity index (χ2n) is 7.38. The van der Waals surface area contributed by atoms with E-state index in [0.717, 1.165) is 16.7 Å². The van der Waals surface area contributed by atoms with Gasteiger partial charge in [0.25, 0.3) is 5.91 Å². The molecule has 6 heteroatoms. The van der Waals surface area contributed by atoms with E-state index in [1.807, 2.05) is 26.0 Å². The molecule has 0 aliphatic heterocycles. The summed E-state index contributed by atoms with van der Waals surface area (Å²) in [7, 11) is 4.63. The maximum Gasteiger partial charge on any atom is 0.252 e. The number of ether oxygens (including phenoxy) is 3. The molecule has 0 fully saturated rings. The first-order chi connectivity index (χ1) is 15.4. The van der Waals surface area contributed by atoms with Crippen molar-refractivity contribution >= 4 is 11.7 Å². The van der Waals surface area contributed by atoms with Gasteiger partial charge in [-0.3, -0.25) is 9.59 Å². The average Bonchev–Trinajstić information content (AvgIpc) is 2.83. The van der Waals surface area contributed by atoms with Crippen molar-refractivity contribution in [3.8, 4) is 17.2 Å². The fourth-order valence-electron chi connectivity index (χ4n) is 3.42. The first-order valence-corrected chi connectivity index (χ1v) is 10.2. The molecular formula is C26H27NO5. The number of carbonyl (C=O) groups is 2. The van der Waals surface area contributed by atoms with Gasteiger partial charge in [-0.25, -0.2) is 0 Å². The number of hydrogen-bond acceptors (Lipinski definition) is 5. The monoisotopic (exact) mass is 433 g/mol. The summed E-state index contributed by atoms with van der Waals surface area (Å²) in [5.74, 6) is 1.08. The minimum atomic E-state index is -0.352. The van der Waals surface area contributed by atoms with Gasteiger partial charge < -0.3 is 19.5 Å². The number of rotatable bonds is 8. The molecule has 3 aromatic carbocycles. The SMILES string of the molecule is COc1cc(OC)c(OC)cc1CNC(=O)c1ccccc1C(=O)c1ccc(C)c(C)c1. The van der Waals surface area contributed by atoms with Gasteiger partial charge in [0, 0.05) is 29.3 Å². The molecule has 1 amide bonds. The Kier molecular flexibility index (Phi) is 7.15. The van der Waals surface area contributed by atoms with Crippen LogP contribution in [-0.2, 0) is 6.54 Å². The van der Waals surface area contributed by atoms with E-state index in [1.165, 1.54) is 0 Å². The van der Waals surface area contributed by atoms with Gasteiger partial charge in [-0.2, -0.15) is 0 Å². The summed E-state index contributed by atoms with van der Waals surface area (Å²) >= 11 is 0. The lowest BCUT2D eigenvalue weighted by molar-refractivity contribution is 0.0939. The molecule has 0 unspecified atom stereocenters. The summed E-state index contributed by atoms with van der Waals surface area (Å²) in [5, 5.41) is 2.88. The molecule has 0 aliphatic carbocycles. The molecule has 0 aliphatic rings. The normalized spacial score (nSPS) is 10.4. The number of aryl methyl sites for hydroxylation is 2. The summed E-state index contributed by atoms with van der Waals surface area (Å²) in [6.07, 6.45) is 0. The number of benzene rings is 3. The fourth-order valence-corrected chi connectivity index (χ4v) is 3.42. The highest BCUT2D eigenvalue weighted by molar-refractivity contribution is 6.15. The number of amides is 1. The zero-order chi connectivity index (χ0) is 23.3. The Morgan fingerprint density at radius 2 is 1.38 bits per heavy atom. The van der Waals surface area contributed by atoms with E-state index in [1.54, 1.807) is 63.8 Å². The summed E-state index contributed by atoms with van der Waals surface area (Å²) in [5.41, 5.74) is 4.07. The topological polar surface area (TPSA) is 73.9 Å². The van der Waals surface area contributed by atoms with Crippen molar-refractivity contribution in [1.29, 1.82) is 0 Å². The lowest BCUT2D eigenvalue weighted by Crippen LogP contribution is -2.25. The molecule has 0 spiro atoms. The van der Waals surface area contributed by atoms with Gasteiger partial charge in [0.1, 0.15) is 5.75 Å². The van der Waals surface area contributed by atoms with Crippen LogP contribution in [0, 0.1) is 13.8 Å². The first-order valence-electron chi connectivity index (χ1n) is 10.2. The minimum absolute atomic E-state index is 0.189. The average molecular weight is 434 g/mol. The fraction of sp³-hybridized carbons (Fsp3) is 0.231. The molecule has 0 atom stereocenters. The van der Waals surface area contributed by atoms with Crippen LogP contribution in [0.25, 0.3) is 0 Å². The number of ketones is 1. The van der Waals surface area contributed by atoms with Crippen LogP contribution in [0.15, 0.2) is 54.6 Å². The second kappa shape index (κ2) is 10.0. The summed E-state index contributed by atoms with van der Waals surface area (Å²) < 4.78 is 16.1. The van der Waals surface area contributed by atoms with Crippen molar-refractivity contribution in [1.82, 2.24) is 5.32 Å². The van der Waals surface area contributed by atoms with Crippen LogP contribution in [0.5, 0.6) is 17.2 Å². The van der Waals surface area contributed by atoms with E-state index >= 15 is 0 Å². The van der Waals surface area contributed by atoms with Gasteiger partial charge in [0.2, 0.25) is 0 Å². The van der Waals surface area contributed by atoms with Gasteiger partial charge in [-0.15, -0.1) is 0 Å². The van der Waals surface area contributed by atoms with E-state index in [0.29, 0.717) is 33.9 Å². The van der Waals surface area contributed by atoms with E-state index in [-0.39, 0.29) is 18.2 Å². The molecule has 6 nitrogen and oxygen atoms in total. The largest absolute Gasteiger partial charge is 0.496 e. The lowest BCUT2D eigenvalue weighted by Gasteiger charge is -2.15. The number of carbonyl (C=O) groups excluding carboxylic acids is 2. The highest BCUT2D eigenvalue weighted by Gasteiger charge is 2.19.